The van der Waals surface area contributed by atoms with Gasteiger partial charge in [0.15, 0.2) is 0 Å². The molecule has 2 aromatic rings. The van der Waals surface area contributed by atoms with Crippen molar-refractivity contribution in [2.45, 2.75) is 26.4 Å². The van der Waals surface area contributed by atoms with Crippen LogP contribution in [-0.2, 0) is 6.42 Å². The van der Waals surface area contributed by atoms with E-state index in [1.54, 1.807) is 12.0 Å². The number of hydrogen-bond donors (Lipinski definition) is 1. The smallest absolute Gasteiger partial charge is 0.254 e. The third-order valence-corrected chi connectivity index (χ3v) is 4.21. The fourth-order valence-electron chi connectivity index (χ4n) is 2.74. The standard InChI is InChI=1S/C20H25NO3/c1-4-21(5-2)20(23)18-9-7-6-8-16(18)14-19(22)15-10-12-17(24-3)13-11-15/h6-13,19,22H,4-5,14H2,1-3H3. The van der Waals surface area contributed by atoms with Gasteiger partial charge in [0, 0.05) is 25.1 Å². The Morgan fingerprint density at radius 2 is 1.71 bits per heavy atom. The molecule has 0 spiro atoms. The van der Waals surface area contributed by atoms with Gasteiger partial charge in [-0.1, -0.05) is 30.3 Å². The van der Waals surface area contributed by atoms with Crippen LogP contribution in [0.25, 0.3) is 0 Å². The van der Waals surface area contributed by atoms with Crippen LogP contribution in [-0.4, -0.2) is 36.1 Å². The Labute approximate surface area is 143 Å². The van der Waals surface area contributed by atoms with E-state index in [0.29, 0.717) is 25.1 Å². The Morgan fingerprint density at radius 1 is 1.08 bits per heavy atom. The summed E-state index contributed by atoms with van der Waals surface area (Å²) in [6.45, 7) is 5.28. The van der Waals surface area contributed by atoms with E-state index in [1.165, 1.54) is 0 Å². The van der Waals surface area contributed by atoms with Crippen LogP contribution in [0.1, 0.15) is 41.4 Å². The fraction of sp³-hybridized carbons (Fsp3) is 0.350. The summed E-state index contributed by atoms with van der Waals surface area (Å²) in [4.78, 5) is 14.4. The number of aliphatic hydroxyl groups is 1. The van der Waals surface area contributed by atoms with Crippen molar-refractivity contribution < 1.29 is 14.6 Å². The molecule has 0 saturated heterocycles. The van der Waals surface area contributed by atoms with Gasteiger partial charge in [-0.2, -0.15) is 0 Å². The molecule has 1 amide bonds. The van der Waals surface area contributed by atoms with E-state index in [-0.39, 0.29) is 5.91 Å². The quantitative estimate of drug-likeness (QED) is 0.847. The van der Waals surface area contributed by atoms with E-state index in [0.717, 1.165) is 16.9 Å². The number of methoxy groups -OCH3 is 1. The molecule has 0 aliphatic rings. The molecule has 1 atom stereocenters. The Bertz CT molecular complexity index is 663. The molecule has 0 radical (unpaired) electrons. The molecule has 0 saturated carbocycles. The third-order valence-electron chi connectivity index (χ3n) is 4.21. The number of benzene rings is 2. The lowest BCUT2D eigenvalue weighted by Gasteiger charge is -2.21. The first-order valence-corrected chi connectivity index (χ1v) is 8.29. The molecule has 4 heteroatoms. The van der Waals surface area contributed by atoms with Gasteiger partial charge in [0.25, 0.3) is 5.91 Å². The number of amides is 1. The molecule has 2 aromatic carbocycles. The Balaban J connectivity index is 2.21. The lowest BCUT2D eigenvalue weighted by Crippen LogP contribution is -2.31. The molecule has 128 valence electrons. The average molecular weight is 327 g/mol. The third kappa shape index (κ3) is 4.15. The summed E-state index contributed by atoms with van der Waals surface area (Å²) >= 11 is 0. The summed E-state index contributed by atoms with van der Waals surface area (Å²) in [5.41, 5.74) is 2.33. The van der Waals surface area contributed by atoms with E-state index in [1.807, 2.05) is 62.4 Å². The first kappa shape index (κ1) is 18.0. The minimum Gasteiger partial charge on any atom is -0.497 e. The lowest BCUT2D eigenvalue weighted by atomic mass is 9.97. The highest BCUT2D eigenvalue weighted by molar-refractivity contribution is 5.95. The molecule has 24 heavy (non-hydrogen) atoms. The van der Waals surface area contributed by atoms with Crippen LogP contribution in [0.5, 0.6) is 5.75 Å². The SMILES string of the molecule is CCN(CC)C(=O)c1ccccc1CC(O)c1ccc(OC)cc1. The van der Waals surface area contributed by atoms with Crippen molar-refractivity contribution in [1.82, 2.24) is 4.90 Å². The molecule has 4 nitrogen and oxygen atoms in total. The van der Waals surface area contributed by atoms with E-state index < -0.39 is 6.10 Å². The highest BCUT2D eigenvalue weighted by atomic mass is 16.5. The first-order chi connectivity index (χ1) is 11.6. The molecular weight excluding hydrogens is 302 g/mol. The molecule has 0 fully saturated rings. The number of carbonyl (C=O) groups is 1. The highest BCUT2D eigenvalue weighted by Crippen LogP contribution is 2.23. The van der Waals surface area contributed by atoms with Gasteiger partial charge < -0.3 is 14.7 Å². The fourth-order valence-corrected chi connectivity index (χ4v) is 2.74. The van der Waals surface area contributed by atoms with Crippen molar-refractivity contribution in [3.8, 4) is 5.75 Å². The maximum absolute atomic E-state index is 12.7. The molecular formula is C20H25NO3. The second kappa shape index (κ2) is 8.50. The molecule has 0 aliphatic carbocycles. The predicted octanol–water partition coefficient (Wildman–Crippen LogP) is 3.45. The monoisotopic (exact) mass is 327 g/mol. The van der Waals surface area contributed by atoms with Crippen LogP contribution in [0.15, 0.2) is 48.5 Å². The Hall–Kier alpha value is -2.33. The van der Waals surface area contributed by atoms with Crippen LogP contribution in [0, 0.1) is 0 Å². The zero-order chi connectivity index (χ0) is 17.5. The number of nitrogens with zero attached hydrogens (tertiary/aromatic N) is 1. The molecule has 1 unspecified atom stereocenters. The Kier molecular flexibility index (Phi) is 6.38. The van der Waals surface area contributed by atoms with Gasteiger partial charge in [0.2, 0.25) is 0 Å². The molecule has 0 aliphatic heterocycles. The maximum atomic E-state index is 12.7. The summed E-state index contributed by atoms with van der Waals surface area (Å²) < 4.78 is 5.14. The van der Waals surface area contributed by atoms with Crippen molar-refractivity contribution in [2.24, 2.45) is 0 Å². The lowest BCUT2D eigenvalue weighted by molar-refractivity contribution is 0.0771. The average Bonchev–Trinajstić information content (AvgIpc) is 2.63. The van der Waals surface area contributed by atoms with Gasteiger partial charge in [-0.3, -0.25) is 4.79 Å². The van der Waals surface area contributed by atoms with Gasteiger partial charge >= 0.3 is 0 Å². The molecule has 2 rings (SSSR count). The number of rotatable bonds is 7. The van der Waals surface area contributed by atoms with Crippen LogP contribution < -0.4 is 4.74 Å². The summed E-state index contributed by atoms with van der Waals surface area (Å²) in [6.07, 6.45) is -0.267. The number of aliphatic hydroxyl groups excluding tert-OH is 1. The second-order valence-corrected chi connectivity index (χ2v) is 5.63. The summed E-state index contributed by atoms with van der Waals surface area (Å²) in [5.74, 6) is 0.764. The topological polar surface area (TPSA) is 49.8 Å². The van der Waals surface area contributed by atoms with Crippen molar-refractivity contribution in [1.29, 1.82) is 0 Å². The maximum Gasteiger partial charge on any atom is 0.254 e. The van der Waals surface area contributed by atoms with E-state index in [9.17, 15) is 9.90 Å². The minimum absolute atomic E-state index is 0.0116. The van der Waals surface area contributed by atoms with Crippen LogP contribution in [0.2, 0.25) is 0 Å². The number of hydrogen-bond acceptors (Lipinski definition) is 3. The van der Waals surface area contributed by atoms with E-state index >= 15 is 0 Å². The normalized spacial score (nSPS) is 11.8. The van der Waals surface area contributed by atoms with Crippen LogP contribution in [0.4, 0.5) is 0 Å². The van der Waals surface area contributed by atoms with E-state index in [2.05, 4.69) is 0 Å². The van der Waals surface area contributed by atoms with Crippen molar-refractivity contribution in [3.63, 3.8) is 0 Å². The summed E-state index contributed by atoms with van der Waals surface area (Å²) in [5, 5.41) is 10.5. The molecule has 0 heterocycles. The van der Waals surface area contributed by atoms with Crippen molar-refractivity contribution in [3.05, 3.63) is 65.2 Å². The predicted molar refractivity (Wildman–Crippen MR) is 95.4 cm³/mol. The number of ether oxygens (including phenoxy) is 1. The van der Waals surface area contributed by atoms with E-state index in [4.69, 9.17) is 4.74 Å². The van der Waals surface area contributed by atoms with Gasteiger partial charge in [0.05, 0.1) is 13.2 Å². The van der Waals surface area contributed by atoms with Gasteiger partial charge in [-0.25, -0.2) is 0 Å². The van der Waals surface area contributed by atoms with Gasteiger partial charge in [-0.15, -0.1) is 0 Å². The second-order valence-electron chi connectivity index (χ2n) is 5.63. The largest absolute Gasteiger partial charge is 0.497 e. The van der Waals surface area contributed by atoms with Crippen LogP contribution >= 0.6 is 0 Å². The molecule has 0 bridgehead atoms. The summed E-state index contributed by atoms with van der Waals surface area (Å²) in [6, 6.07) is 14.8. The molecule has 0 aromatic heterocycles. The van der Waals surface area contributed by atoms with Crippen molar-refractivity contribution in [2.75, 3.05) is 20.2 Å². The minimum atomic E-state index is -0.665. The highest BCUT2D eigenvalue weighted by Gasteiger charge is 2.18. The van der Waals surface area contributed by atoms with Gasteiger partial charge in [-0.05, 0) is 43.2 Å². The van der Waals surface area contributed by atoms with Crippen LogP contribution in [0.3, 0.4) is 0 Å². The Morgan fingerprint density at radius 3 is 2.29 bits per heavy atom. The summed E-state index contributed by atoms with van der Waals surface area (Å²) in [7, 11) is 1.61. The molecule has 1 N–H and O–H groups in total. The number of carbonyl (C=O) groups excluding carboxylic acids is 1. The zero-order valence-corrected chi connectivity index (χ0v) is 14.5. The van der Waals surface area contributed by atoms with Crippen molar-refractivity contribution >= 4 is 5.91 Å². The first-order valence-electron chi connectivity index (χ1n) is 8.29. The van der Waals surface area contributed by atoms with Gasteiger partial charge in [0.1, 0.15) is 5.75 Å². The zero-order valence-electron chi connectivity index (χ0n) is 14.5.